The van der Waals surface area contributed by atoms with Crippen molar-refractivity contribution in [1.82, 2.24) is 5.32 Å². The average Bonchev–Trinajstić information content (AvgIpc) is 2.83. The van der Waals surface area contributed by atoms with Gasteiger partial charge in [-0.1, -0.05) is 20.8 Å². The van der Waals surface area contributed by atoms with Gasteiger partial charge in [0.15, 0.2) is 5.11 Å². The fourth-order valence-corrected chi connectivity index (χ4v) is 4.48. The number of esters is 1. The molecule has 1 aromatic heterocycles. The molecule has 1 aromatic rings. The number of hydrogen-bond donors (Lipinski definition) is 2. The zero-order valence-corrected chi connectivity index (χ0v) is 16.2. The van der Waals surface area contributed by atoms with E-state index in [0.717, 1.165) is 29.8 Å². The monoisotopic (exact) mass is 354 g/mol. The number of anilines is 1. The molecule has 1 aliphatic carbocycles. The summed E-state index contributed by atoms with van der Waals surface area (Å²) in [5.74, 6) is 0.383. The minimum absolute atomic E-state index is 0.249. The molecule has 1 aliphatic rings. The van der Waals surface area contributed by atoms with Crippen LogP contribution in [-0.4, -0.2) is 24.7 Å². The first-order chi connectivity index (χ1) is 10.8. The van der Waals surface area contributed by atoms with E-state index in [-0.39, 0.29) is 11.4 Å². The Balaban J connectivity index is 2.38. The number of nitrogens with one attached hydrogen (secondary N) is 2. The number of thiocarbonyl (C=S) groups is 1. The zero-order valence-electron chi connectivity index (χ0n) is 14.5. The van der Waals surface area contributed by atoms with Crippen molar-refractivity contribution in [2.75, 3.05) is 19.0 Å². The van der Waals surface area contributed by atoms with Gasteiger partial charge >= 0.3 is 5.97 Å². The van der Waals surface area contributed by atoms with Gasteiger partial charge in [0.05, 0.1) is 12.2 Å². The lowest BCUT2D eigenvalue weighted by molar-refractivity contribution is 0.0526. The molecule has 0 aliphatic heterocycles. The Morgan fingerprint density at radius 1 is 1.43 bits per heavy atom. The van der Waals surface area contributed by atoms with E-state index in [0.29, 0.717) is 23.2 Å². The molecule has 2 rings (SSSR count). The highest BCUT2D eigenvalue weighted by Gasteiger charge is 2.34. The number of rotatable bonds is 3. The van der Waals surface area contributed by atoms with Crippen LogP contribution in [0, 0.1) is 11.3 Å². The molecule has 0 bridgehead atoms. The largest absolute Gasteiger partial charge is 0.462 e. The maximum Gasteiger partial charge on any atom is 0.341 e. The van der Waals surface area contributed by atoms with Gasteiger partial charge in [0, 0.05) is 11.9 Å². The quantitative estimate of drug-likeness (QED) is 0.635. The molecule has 4 nitrogen and oxygen atoms in total. The molecular weight excluding hydrogens is 328 g/mol. The van der Waals surface area contributed by atoms with Crippen LogP contribution < -0.4 is 10.6 Å². The fraction of sp³-hybridized carbons (Fsp3) is 0.647. The lowest BCUT2D eigenvalue weighted by Gasteiger charge is -2.33. The molecule has 0 amide bonds. The molecule has 0 aromatic carbocycles. The summed E-state index contributed by atoms with van der Waals surface area (Å²) in [5.41, 5.74) is 2.10. The van der Waals surface area contributed by atoms with Crippen LogP contribution in [0.4, 0.5) is 5.00 Å². The van der Waals surface area contributed by atoms with Gasteiger partial charge in [-0.25, -0.2) is 4.79 Å². The van der Waals surface area contributed by atoms with Crippen molar-refractivity contribution in [3.05, 3.63) is 16.0 Å². The van der Waals surface area contributed by atoms with Gasteiger partial charge in [-0.2, -0.15) is 0 Å². The average molecular weight is 355 g/mol. The van der Waals surface area contributed by atoms with Gasteiger partial charge in [0.1, 0.15) is 5.00 Å². The summed E-state index contributed by atoms with van der Waals surface area (Å²) in [6.07, 6.45) is 3.05. The molecule has 2 N–H and O–H groups in total. The maximum absolute atomic E-state index is 12.4. The molecule has 0 spiro atoms. The van der Waals surface area contributed by atoms with Crippen LogP contribution in [0.15, 0.2) is 0 Å². The lowest BCUT2D eigenvalue weighted by atomic mass is 9.72. The molecule has 128 valence electrons. The Labute approximate surface area is 148 Å². The molecule has 1 heterocycles. The molecule has 1 atom stereocenters. The third kappa shape index (κ3) is 4.04. The van der Waals surface area contributed by atoms with Crippen molar-refractivity contribution in [1.29, 1.82) is 0 Å². The van der Waals surface area contributed by atoms with E-state index < -0.39 is 0 Å². The molecule has 6 heteroatoms. The molecule has 0 fully saturated rings. The number of hydrogen-bond acceptors (Lipinski definition) is 4. The molecule has 23 heavy (non-hydrogen) atoms. The number of carbonyl (C=O) groups is 1. The van der Waals surface area contributed by atoms with E-state index in [4.69, 9.17) is 17.0 Å². The highest BCUT2D eigenvalue weighted by Crippen LogP contribution is 2.44. The summed E-state index contributed by atoms with van der Waals surface area (Å²) in [5, 5.41) is 7.37. The van der Waals surface area contributed by atoms with Gasteiger partial charge in [-0.3, -0.25) is 0 Å². The number of thiophene rings is 1. The molecule has 0 saturated heterocycles. The minimum atomic E-state index is -0.249. The first-order valence-corrected chi connectivity index (χ1v) is 9.30. The van der Waals surface area contributed by atoms with Crippen LogP contribution in [0.1, 0.15) is 54.9 Å². The topological polar surface area (TPSA) is 50.4 Å². The first kappa shape index (κ1) is 18.2. The van der Waals surface area contributed by atoms with Gasteiger partial charge in [0.25, 0.3) is 0 Å². The van der Waals surface area contributed by atoms with Crippen molar-refractivity contribution < 1.29 is 9.53 Å². The lowest BCUT2D eigenvalue weighted by Crippen LogP contribution is -2.27. The smallest absolute Gasteiger partial charge is 0.341 e. The third-order valence-electron chi connectivity index (χ3n) is 4.42. The molecule has 1 unspecified atom stereocenters. The Morgan fingerprint density at radius 2 is 2.13 bits per heavy atom. The van der Waals surface area contributed by atoms with Crippen LogP contribution in [0.2, 0.25) is 0 Å². The summed E-state index contributed by atoms with van der Waals surface area (Å²) in [4.78, 5) is 13.7. The summed E-state index contributed by atoms with van der Waals surface area (Å²) < 4.78 is 5.27. The Kier molecular flexibility index (Phi) is 5.68. The second-order valence-corrected chi connectivity index (χ2v) is 8.45. The first-order valence-electron chi connectivity index (χ1n) is 8.08. The van der Waals surface area contributed by atoms with Gasteiger partial charge in [-0.05, 0) is 55.3 Å². The molecular formula is C17H26N2O2S2. The van der Waals surface area contributed by atoms with Crippen molar-refractivity contribution in [3.63, 3.8) is 0 Å². The Hall–Kier alpha value is -1.14. The number of carbonyl (C=O) groups excluding carboxylic acids is 1. The summed E-state index contributed by atoms with van der Waals surface area (Å²) in [6.45, 7) is 9.08. The van der Waals surface area contributed by atoms with Crippen molar-refractivity contribution in [2.24, 2.45) is 11.3 Å². The highest BCUT2D eigenvalue weighted by atomic mass is 32.1. The van der Waals surface area contributed by atoms with Crippen LogP contribution in [-0.2, 0) is 17.6 Å². The SMILES string of the molecule is CCOC(=O)c1c(NC(=S)NC)sc2c1CCC(C(C)(C)C)C2. The van der Waals surface area contributed by atoms with Crippen molar-refractivity contribution in [3.8, 4) is 0 Å². The van der Waals surface area contributed by atoms with E-state index in [1.54, 1.807) is 18.4 Å². The molecule has 0 radical (unpaired) electrons. The fourth-order valence-electron chi connectivity index (χ4n) is 3.00. The summed E-state index contributed by atoms with van der Waals surface area (Å²) in [6, 6.07) is 0. The molecule has 0 saturated carbocycles. The van der Waals surface area contributed by atoms with E-state index >= 15 is 0 Å². The third-order valence-corrected chi connectivity index (χ3v) is 5.90. The summed E-state index contributed by atoms with van der Waals surface area (Å²) >= 11 is 6.84. The Morgan fingerprint density at radius 3 is 2.70 bits per heavy atom. The van der Waals surface area contributed by atoms with E-state index in [1.807, 2.05) is 6.92 Å². The number of ether oxygens (including phenoxy) is 1. The normalized spacial score (nSPS) is 17.3. The van der Waals surface area contributed by atoms with Crippen LogP contribution in [0.25, 0.3) is 0 Å². The zero-order chi connectivity index (χ0) is 17.2. The standard InChI is InChI=1S/C17H26N2O2S2/c1-6-21-15(20)13-11-8-7-10(17(2,3)4)9-12(11)23-14(13)19-16(22)18-5/h10H,6-9H2,1-5H3,(H2,18,19,22). The van der Waals surface area contributed by atoms with Gasteiger partial charge in [0.2, 0.25) is 0 Å². The second-order valence-electron chi connectivity index (χ2n) is 6.94. The maximum atomic E-state index is 12.4. The number of fused-ring (bicyclic) bond motifs is 1. The Bertz CT molecular complexity index is 602. The predicted molar refractivity (Wildman–Crippen MR) is 101 cm³/mol. The van der Waals surface area contributed by atoms with Crippen LogP contribution in [0.5, 0.6) is 0 Å². The van der Waals surface area contributed by atoms with Crippen LogP contribution in [0.3, 0.4) is 0 Å². The van der Waals surface area contributed by atoms with Crippen LogP contribution >= 0.6 is 23.6 Å². The van der Waals surface area contributed by atoms with E-state index in [9.17, 15) is 4.79 Å². The second kappa shape index (κ2) is 7.18. The van der Waals surface area contributed by atoms with Gasteiger partial charge in [-0.15, -0.1) is 11.3 Å². The minimum Gasteiger partial charge on any atom is -0.462 e. The van der Waals surface area contributed by atoms with E-state index in [2.05, 4.69) is 31.4 Å². The van der Waals surface area contributed by atoms with Crippen molar-refractivity contribution in [2.45, 2.75) is 47.0 Å². The van der Waals surface area contributed by atoms with Crippen molar-refractivity contribution >= 4 is 39.6 Å². The summed E-state index contributed by atoms with van der Waals surface area (Å²) in [7, 11) is 1.77. The highest BCUT2D eigenvalue weighted by molar-refractivity contribution is 7.80. The predicted octanol–water partition coefficient (Wildman–Crippen LogP) is 3.99. The van der Waals surface area contributed by atoms with Gasteiger partial charge < -0.3 is 15.4 Å². The van der Waals surface area contributed by atoms with E-state index in [1.165, 1.54) is 4.88 Å².